The SMILES string of the molecule is CC(Oc1ccc(Cl)cc1)C(=O)NCCNC(=O)c1ccc(Cl)c(Cl)c1. The lowest BCUT2D eigenvalue weighted by Gasteiger charge is -2.15. The van der Waals surface area contributed by atoms with E-state index in [0.29, 0.717) is 26.4 Å². The van der Waals surface area contributed by atoms with Gasteiger partial charge in [-0.3, -0.25) is 9.59 Å². The summed E-state index contributed by atoms with van der Waals surface area (Å²) in [5.41, 5.74) is 0.394. The van der Waals surface area contributed by atoms with Gasteiger partial charge in [-0.2, -0.15) is 0 Å². The average Bonchev–Trinajstić information content (AvgIpc) is 2.62. The van der Waals surface area contributed by atoms with Crippen molar-refractivity contribution in [1.82, 2.24) is 10.6 Å². The van der Waals surface area contributed by atoms with E-state index in [1.807, 2.05) is 0 Å². The molecule has 0 aliphatic rings. The first-order valence-corrected chi connectivity index (χ1v) is 8.93. The number of hydrogen-bond donors (Lipinski definition) is 2. The van der Waals surface area contributed by atoms with E-state index in [0.717, 1.165) is 0 Å². The smallest absolute Gasteiger partial charge is 0.260 e. The molecule has 26 heavy (non-hydrogen) atoms. The summed E-state index contributed by atoms with van der Waals surface area (Å²) >= 11 is 17.5. The number of amides is 2. The number of ether oxygens (including phenoxy) is 1. The summed E-state index contributed by atoms with van der Waals surface area (Å²) in [5, 5.41) is 6.65. The Labute approximate surface area is 166 Å². The van der Waals surface area contributed by atoms with Gasteiger partial charge in [0, 0.05) is 23.7 Å². The van der Waals surface area contributed by atoms with Gasteiger partial charge in [-0.1, -0.05) is 34.8 Å². The Kier molecular flexibility index (Phi) is 7.57. The van der Waals surface area contributed by atoms with Crippen molar-refractivity contribution in [2.75, 3.05) is 13.1 Å². The van der Waals surface area contributed by atoms with Crippen LogP contribution in [-0.2, 0) is 4.79 Å². The van der Waals surface area contributed by atoms with Gasteiger partial charge in [0.1, 0.15) is 5.75 Å². The molecule has 2 N–H and O–H groups in total. The lowest BCUT2D eigenvalue weighted by molar-refractivity contribution is -0.127. The van der Waals surface area contributed by atoms with Crippen molar-refractivity contribution in [3.63, 3.8) is 0 Å². The van der Waals surface area contributed by atoms with Gasteiger partial charge in [0.15, 0.2) is 6.10 Å². The van der Waals surface area contributed by atoms with Gasteiger partial charge in [-0.05, 0) is 49.4 Å². The maximum atomic E-state index is 12.0. The molecular formula is C18H17Cl3N2O3. The summed E-state index contributed by atoms with van der Waals surface area (Å²) in [6.45, 7) is 2.16. The zero-order chi connectivity index (χ0) is 19.1. The molecule has 1 atom stereocenters. The second-order valence-corrected chi connectivity index (χ2v) is 6.64. The molecule has 5 nitrogen and oxygen atoms in total. The van der Waals surface area contributed by atoms with E-state index in [4.69, 9.17) is 39.5 Å². The summed E-state index contributed by atoms with van der Waals surface area (Å²) in [6, 6.07) is 11.3. The Morgan fingerprint density at radius 3 is 2.27 bits per heavy atom. The molecule has 0 aliphatic heterocycles. The van der Waals surface area contributed by atoms with Crippen molar-refractivity contribution in [3.05, 3.63) is 63.1 Å². The molecule has 1 unspecified atom stereocenters. The number of hydrogen-bond acceptors (Lipinski definition) is 3. The molecule has 0 radical (unpaired) electrons. The minimum Gasteiger partial charge on any atom is -0.481 e. The average molecular weight is 416 g/mol. The van der Waals surface area contributed by atoms with Crippen LogP contribution in [0.25, 0.3) is 0 Å². The topological polar surface area (TPSA) is 67.4 Å². The van der Waals surface area contributed by atoms with Gasteiger partial charge in [0.2, 0.25) is 0 Å². The fourth-order valence-corrected chi connectivity index (χ4v) is 2.44. The zero-order valence-electron chi connectivity index (χ0n) is 13.9. The second-order valence-electron chi connectivity index (χ2n) is 5.39. The van der Waals surface area contributed by atoms with E-state index in [9.17, 15) is 9.59 Å². The molecule has 0 aromatic heterocycles. The maximum absolute atomic E-state index is 12.0. The van der Waals surface area contributed by atoms with Crippen molar-refractivity contribution in [3.8, 4) is 5.75 Å². The molecule has 2 aromatic rings. The van der Waals surface area contributed by atoms with Crippen LogP contribution in [-0.4, -0.2) is 31.0 Å². The number of carbonyl (C=O) groups excluding carboxylic acids is 2. The monoisotopic (exact) mass is 414 g/mol. The lowest BCUT2D eigenvalue weighted by Crippen LogP contribution is -2.40. The molecule has 0 fully saturated rings. The van der Waals surface area contributed by atoms with Gasteiger partial charge >= 0.3 is 0 Å². The predicted molar refractivity (Wildman–Crippen MR) is 103 cm³/mol. The molecule has 138 valence electrons. The largest absolute Gasteiger partial charge is 0.481 e. The van der Waals surface area contributed by atoms with Crippen LogP contribution in [0.3, 0.4) is 0 Å². The van der Waals surface area contributed by atoms with Gasteiger partial charge in [0.05, 0.1) is 10.0 Å². The third-order valence-corrected chi connectivity index (χ3v) is 4.38. The highest BCUT2D eigenvalue weighted by Crippen LogP contribution is 2.22. The lowest BCUT2D eigenvalue weighted by atomic mass is 10.2. The van der Waals surface area contributed by atoms with Crippen molar-refractivity contribution < 1.29 is 14.3 Å². The van der Waals surface area contributed by atoms with E-state index in [2.05, 4.69) is 10.6 Å². The first-order valence-electron chi connectivity index (χ1n) is 7.80. The third kappa shape index (κ3) is 6.09. The van der Waals surface area contributed by atoms with E-state index in [1.54, 1.807) is 43.3 Å². The Bertz CT molecular complexity index is 782. The minimum absolute atomic E-state index is 0.262. The molecule has 2 amide bonds. The second kappa shape index (κ2) is 9.67. The molecule has 0 heterocycles. The summed E-state index contributed by atoms with van der Waals surface area (Å²) in [5.74, 6) is -0.0445. The summed E-state index contributed by atoms with van der Waals surface area (Å²) in [7, 11) is 0. The van der Waals surface area contributed by atoms with Gasteiger partial charge in [-0.25, -0.2) is 0 Å². The Hall–Kier alpha value is -1.95. The van der Waals surface area contributed by atoms with Gasteiger partial charge in [0.25, 0.3) is 11.8 Å². The molecule has 2 aromatic carbocycles. The molecule has 0 saturated heterocycles. The van der Waals surface area contributed by atoms with Crippen LogP contribution in [0.15, 0.2) is 42.5 Å². The van der Waals surface area contributed by atoms with Crippen LogP contribution in [0.2, 0.25) is 15.1 Å². The normalized spacial score (nSPS) is 11.5. The fourth-order valence-electron chi connectivity index (χ4n) is 2.02. The van der Waals surface area contributed by atoms with Crippen LogP contribution in [0.4, 0.5) is 0 Å². The Morgan fingerprint density at radius 2 is 1.62 bits per heavy atom. The van der Waals surface area contributed by atoms with Crippen molar-refractivity contribution in [2.24, 2.45) is 0 Å². The molecule has 8 heteroatoms. The van der Waals surface area contributed by atoms with Crippen LogP contribution in [0.1, 0.15) is 17.3 Å². The Morgan fingerprint density at radius 1 is 0.962 bits per heavy atom. The maximum Gasteiger partial charge on any atom is 0.260 e. The molecule has 0 bridgehead atoms. The van der Waals surface area contributed by atoms with Crippen LogP contribution < -0.4 is 15.4 Å². The van der Waals surface area contributed by atoms with E-state index < -0.39 is 6.10 Å². The quantitative estimate of drug-likeness (QED) is 0.673. The number of halogens is 3. The summed E-state index contributed by atoms with van der Waals surface area (Å²) in [4.78, 5) is 24.0. The highest BCUT2D eigenvalue weighted by atomic mass is 35.5. The van der Waals surface area contributed by atoms with Gasteiger partial charge in [-0.15, -0.1) is 0 Å². The van der Waals surface area contributed by atoms with Gasteiger partial charge < -0.3 is 15.4 Å². The third-order valence-electron chi connectivity index (χ3n) is 3.39. The van der Waals surface area contributed by atoms with Crippen LogP contribution in [0, 0.1) is 0 Å². The molecule has 2 rings (SSSR count). The Balaban J connectivity index is 1.72. The predicted octanol–water partition coefficient (Wildman–Crippen LogP) is 3.96. The molecule has 0 spiro atoms. The standard InChI is InChI=1S/C18H17Cl3N2O3/c1-11(26-14-5-3-13(19)4-6-14)17(24)22-8-9-23-18(25)12-2-7-15(20)16(21)10-12/h2-7,10-11H,8-9H2,1H3,(H,22,24)(H,23,25). The zero-order valence-corrected chi connectivity index (χ0v) is 16.2. The number of rotatable bonds is 7. The van der Waals surface area contributed by atoms with Crippen molar-refractivity contribution >= 4 is 46.6 Å². The first-order chi connectivity index (χ1) is 12.4. The minimum atomic E-state index is -0.679. The molecule has 0 saturated carbocycles. The van der Waals surface area contributed by atoms with Crippen molar-refractivity contribution in [2.45, 2.75) is 13.0 Å². The van der Waals surface area contributed by atoms with E-state index >= 15 is 0 Å². The number of nitrogens with one attached hydrogen (secondary N) is 2. The highest BCUT2D eigenvalue weighted by molar-refractivity contribution is 6.42. The molecular weight excluding hydrogens is 399 g/mol. The number of benzene rings is 2. The van der Waals surface area contributed by atoms with E-state index in [1.165, 1.54) is 6.07 Å². The first kappa shape index (κ1) is 20.4. The molecule has 0 aliphatic carbocycles. The van der Waals surface area contributed by atoms with E-state index in [-0.39, 0.29) is 24.9 Å². The van der Waals surface area contributed by atoms with Crippen LogP contribution in [0.5, 0.6) is 5.75 Å². The number of carbonyl (C=O) groups is 2. The van der Waals surface area contributed by atoms with Crippen molar-refractivity contribution in [1.29, 1.82) is 0 Å². The fraction of sp³-hybridized carbons (Fsp3) is 0.222. The summed E-state index contributed by atoms with van der Waals surface area (Å²) in [6.07, 6.45) is -0.679. The van der Waals surface area contributed by atoms with Crippen LogP contribution >= 0.6 is 34.8 Å². The summed E-state index contributed by atoms with van der Waals surface area (Å²) < 4.78 is 5.52. The highest BCUT2D eigenvalue weighted by Gasteiger charge is 2.14.